The molecule has 3 nitrogen and oxygen atoms in total. The second-order valence-electron chi connectivity index (χ2n) is 3.82. The Kier molecular flexibility index (Phi) is 5.62. The zero-order chi connectivity index (χ0) is 10.2. The Bertz CT molecular complexity index is 182. The first-order chi connectivity index (χ1) is 6.83. The van der Waals surface area contributed by atoms with Crippen molar-refractivity contribution in [2.45, 2.75) is 25.4 Å². The zero-order valence-electron chi connectivity index (χ0n) is 8.71. The molecule has 2 N–H and O–H groups in total. The summed E-state index contributed by atoms with van der Waals surface area (Å²) in [6, 6.07) is 0. The van der Waals surface area contributed by atoms with Gasteiger partial charge in [-0.05, 0) is 25.9 Å². The predicted octanol–water partition coefficient (Wildman–Crippen LogP) is 0.0560. The summed E-state index contributed by atoms with van der Waals surface area (Å²) in [6.45, 7) is 4.53. The Balaban J connectivity index is 1.98. The van der Waals surface area contributed by atoms with Crippen LogP contribution in [-0.4, -0.2) is 48.8 Å². The number of β-amino-alcohol motifs (C(OH)–C–C–N with tert-alkyl or cyclic N) is 1. The van der Waals surface area contributed by atoms with Gasteiger partial charge < -0.3 is 15.3 Å². The maximum absolute atomic E-state index is 9.65. The van der Waals surface area contributed by atoms with E-state index in [1.807, 2.05) is 0 Å². The van der Waals surface area contributed by atoms with Crippen molar-refractivity contribution in [1.29, 1.82) is 0 Å². The molecule has 0 spiro atoms. The summed E-state index contributed by atoms with van der Waals surface area (Å²) in [5.41, 5.74) is 0. The normalized spacial score (nSPS) is 19.4. The minimum Gasteiger partial charge on any atom is -0.390 e. The maximum atomic E-state index is 9.65. The van der Waals surface area contributed by atoms with Gasteiger partial charge in [-0.25, -0.2) is 0 Å². The third-order valence-corrected chi connectivity index (χ3v) is 2.49. The van der Waals surface area contributed by atoms with E-state index in [4.69, 9.17) is 6.42 Å². The van der Waals surface area contributed by atoms with Crippen molar-refractivity contribution in [3.8, 4) is 12.3 Å². The molecule has 0 amide bonds. The van der Waals surface area contributed by atoms with Gasteiger partial charge in [0.15, 0.2) is 0 Å². The van der Waals surface area contributed by atoms with Gasteiger partial charge in [-0.3, -0.25) is 0 Å². The number of aliphatic hydroxyl groups is 1. The van der Waals surface area contributed by atoms with Crippen molar-refractivity contribution in [2.75, 3.05) is 32.7 Å². The molecule has 1 aliphatic rings. The molecule has 1 atom stereocenters. The molecule has 1 saturated heterocycles. The van der Waals surface area contributed by atoms with Crippen LogP contribution in [0.15, 0.2) is 0 Å². The third-order valence-electron chi connectivity index (χ3n) is 2.49. The smallest absolute Gasteiger partial charge is 0.0791 e. The summed E-state index contributed by atoms with van der Waals surface area (Å²) in [5.74, 6) is 2.56. The topological polar surface area (TPSA) is 35.5 Å². The van der Waals surface area contributed by atoms with E-state index in [9.17, 15) is 5.11 Å². The summed E-state index contributed by atoms with van der Waals surface area (Å²) in [6.07, 6.45) is 8.14. The summed E-state index contributed by atoms with van der Waals surface area (Å²) >= 11 is 0. The van der Waals surface area contributed by atoms with Crippen LogP contribution in [0.2, 0.25) is 0 Å². The van der Waals surface area contributed by atoms with E-state index in [0.717, 1.165) is 32.6 Å². The van der Waals surface area contributed by atoms with Crippen LogP contribution in [0.4, 0.5) is 0 Å². The molecule has 0 radical (unpaired) electrons. The SMILES string of the molecule is C#CCCNCC(O)CN1CCCC1. The molecule has 0 aliphatic carbocycles. The largest absolute Gasteiger partial charge is 0.390 e. The predicted molar refractivity (Wildman–Crippen MR) is 58.0 cm³/mol. The monoisotopic (exact) mass is 196 g/mol. The molecule has 0 saturated carbocycles. The second-order valence-corrected chi connectivity index (χ2v) is 3.82. The van der Waals surface area contributed by atoms with Gasteiger partial charge in [-0.1, -0.05) is 0 Å². The first-order valence-corrected chi connectivity index (χ1v) is 5.37. The quantitative estimate of drug-likeness (QED) is 0.466. The lowest BCUT2D eigenvalue weighted by molar-refractivity contribution is 0.124. The number of likely N-dealkylation sites (tertiary alicyclic amines) is 1. The lowest BCUT2D eigenvalue weighted by Gasteiger charge is -2.19. The van der Waals surface area contributed by atoms with Crippen molar-refractivity contribution in [3.63, 3.8) is 0 Å². The summed E-state index contributed by atoms with van der Waals surface area (Å²) in [7, 11) is 0. The Morgan fingerprint density at radius 1 is 1.43 bits per heavy atom. The molecule has 80 valence electrons. The van der Waals surface area contributed by atoms with Crippen LogP contribution in [0.3, 0.4) is 0 Å². The lowest BCUT2D eigenvalue weighted by Crippen LogP contribution is -2.37. The van der Waals surface area contributed by atoms with E-state index >= 15 is 0 Å². The van der Waals surface area contributed by atoms with Gasteiger partial charge in [0.1, 0.15) is 0 Å². The highest BCUT2D eigenvalue weighted by Crippen LogP contribution is 2.07. The number of rotatable bonds is 6. The summed E-state index contributed by atoms with van der Waals surface area (Å²) in [4.78, 5) is 2.31. The van der Waals surface area contributed by atoms with E-state index < -0.39 is 0 Å². The van der Waals surface area contributed by atoms with Gasteiger partial charge in [0.2, 0.25) is 0 Å². The van der Waals surface area contributed by atoms with Gasteiger partial charge in [0, 0.05) is 26.1 Å². The average molecular weight is 196 g/mol. The number of nitrogens with zero attached hydrogens (tertiary/aromatic N) is 1. The van der Waals surface area contributed by atoms with E-state index in [1.165, 1.54) is 12.8 Å². The van der Waals surface area contributed by atoms with E-state index in [-0.39, 0.29) is 6.10 Å². The summed E-state index contributed by atoms with van der Waals surface area (Å²) < 4.78 is 0. The molecular weight excluding hydrogens is 176 g/mol. The number of hydrogen-bond donors (Lipinski definition) is 2. The van der Waals surface area contributed by atoms with Crippen molar-refractivity contribution in [1.82, 2.24) is 10.2 Å². The Hall–Kier alpha value is -0.560. The average Bonchev–Trinajstić information content (AvgIpc) is 2.65. The summed E-state index contributed by atoms with van der Waals surface area (Å²) in [5, 5.41) is 12.8. The fourth-order valence-electron chi connectivity index (χ4n) is 1.76. The van der Waals surface area contributed by atoms with Crippen molar-refractivity contribution < 1.29 is 5.11 Å². The molecule has 0 bridgehead atoms. The van der Waals surface area contributed by atoms with Crippen LogP contribution in [-0.2, 0) is 0 Å². The third kappa shape index (κ3) is 4.61. The van der Waals surface area contributed by atoms with Crippen molar-refractivity contribution in [2.24, 2.45) is 0 Å². The fraction of sp³-hybridized carbons (Fsp3) is 0.818. The maximum Gasteiger partial charge on any atom is 0.0791 e. The first kappa shape index (κ1) is 11.5. The van der Waals surface area contributed by atoms with Crippen LogP contribution >= 0.6 is 0 Å². The van der Waals surface area contributed by atoms with Crippen LogP contribution in [0.25, 0.3) is 0 Å². The molecule has 1 rings (SSSR count). The van der Waals surface area contributed by atoms with Crippen LogP contribution in [0.1, 0.15) is 19.3 Å². The highest BCUT2D eigenvalue weighted by molar-refractivity contribution is 4.84. The standard InChI is InChI=1S/C11H20N2O/c1-2-3-6-12-9-11(14)10-13-7-4-5-8-13/h1,11-12,14H,3-10H2. The lowest BCUT2D eigenvalue weighted by atomic mass is 10.3. The molecular formula is C11H20N2O. The highest BCUT2D eigenvalue weighted by Gasteiger charge is 2.14. The molecule has 0 aromatic rings. The Morgan fingerprint density at radius 2 is 2.14 bits per heavy atom. The zero-order valence-corrected chi connectivity index (χ0v) is 8.71. The number of nitrogens with one attached hydrogen (secondary N) is 1. The van der Waals surface area contributed by atoms with E-state index in [2.05, 4.69) is 16.1 Å². The molecule has 1 heterocycles. The first-order valence-electron chi connectivity index (χ1n) is 5.37. The van der Waals surface area contributed by atoms with E-state index in [0.29, 0.717) is 6.54 Å². The van der Waals surface area contributed by atoms with Gasteiger partial charge in [0.25, 0.3) is 0 Å². The molecule has 0 aromatic heterocycles. The molecule has 3 heteroatoms. The van der Waals surface area contributed by atoms with Gasteiger partial charge >= 0.3 is 0 Å². The minimum atomic E-state index is -0.258. The van der Waals surface area contributed by atoms with Crippen LogP contribution < -0.4 is 5.32 Å². The van der Waals surface area contributed by atoms with Crippen LogP contribution in [0, 0.1) is 12.3 Å². The van der Waals surface area contributed by atoms with Gasteiger partial charge in [0.05, 0.1) is 6.10 Å². The number of hydrogen-bond acceptors (Lipinski definition) is 3. The highest BCUT2D eigenvalue weighted by atomic mass is 16.3. The number of terminal acetylenes is 1. The van der Waals surface area contributed by atoms with Crippen molar-refractivity contribution in [3.05, 3.63) is 0 Å². The minimum absolute atomic E-state index is 0.258. The molecule has 0 aromatic carbocycles. The second kappa shape index (κ2) is 6.83. The van der Waals surface area contributed by atoms with Gasteiger partial charge in [-0.15, -0.1) is 12.3 Å². The molecule has 1 unspecified atom stereocenters. The van der Waals surface area contributed by atoms with Gasteiger partial charge in [-0.2, -0.15) is 0 Å². The van der Waals surface area contributed by atoms with Crippen molar-refractivity contribution >= 4 is 0 Å². The molecule has 14 heavy (non-hydrogen) atoms. The number of aliphatic hydroxyl groups excluding tert-OH is 1. The Morgan fingerprint density at radius 3 is 2.79 bits per heavy atom. The molecule has 1 fully saturated rings. The van der Waals surface area contributed by atoms with E-state index in [1.54, 1.807) is 0 Å². The Labute approximate surface area is 86.5 Å². The fourth-order valence-corrected chi connectivity index (χ4v) is 1.76. The molecule has 1 aliphatic heterocycles. The van der Waals surface area contributed by atoms with Crippen LogP contribution in [0.5, 0.6) is 0 Å².